The summed E-state index contributed by atoms with van der Waals surface area (Å²) in [5.41, 5.74) is 0.642. The van der Waals surface area contributed by atoms with Crippen LogP contribution in [0.1, 0.15) is 38.1 Å². The van der Waals surface area contributed by atoms with Crippen LogP contribution in [-0.4, -0.2) is 49.8 Å². The van der Waals surface area contributed by atoms with Gasteiger partial charge in [0.15, 0.2) is 0 Å². The van der Waals surface area contributed by atoms with Crippen molar-refractivity contribution in [2.24, 2.45) is 11.8 Å². The van der Waals surface area contributed by atoms with Gasteiger partial charge in [0.2, 0.25) is 0 Å². The molecule has 3 N–H and O–H groups in total. The molecule has 0 amide bonds. The predicted molar refractivity (Wildman–Crippen MR) is 126 cm³/mol. The van der Waals surface area contributed by atoms with Gasteiger partial charge in [-0.2, -0.15) is 13.2 Å². The molecule has 2 aromatic carbocycles. The highest BCUT2D eigenvalue weighted by Gasteiger charge is 2.38. The number of benzene rings is 2. The van der Waals surface area contributed by atoms with Gasteiger partial charge in [-0.15, -0.1) is 0 Å². The van der Waals surface area contributed by atoms with Crippen molar-refractivity contribution in [2.75, 3.05) is 22.7 Å². The molecule has 13 heteroatoms. The monoisotopic (exact) mass is 536 g/mol. The molecule has 36 heavy (non-hydrogen) atoms. The molecule has 0 aliphatic carbocycles. The highest BCUT2D eigenvalue weighted by molar-refractivity contribution is 7.92. The molecule has 8 nitrogen and oxygen atoms in total. The van der Waals surface area contributed by atoms with Gasteiger partial charge in [-0.3, -0.25) is 4.72 Å². The van der Waals surface area contributed by atoms with Crippen LogP contribution in [0.2, 0.25) is 0 Å². The van der Waals surface area contributed by atoms with E-state index in [0.29, 0.717) is 30.6 Å². The molecule has 0 radical (unpaired) electrons. The third-order valence-electron chi connectivity index (χ3n) is 4.34. The van der Waals surface area contributed by atoms with Gasteiger partial charge in [-0.05, 0) is 48.2 Å². The van der Waals surface area contributed by atoms with Crippen molar-refractivity contribution in [2.45, 2.75) is 38.8 Å². The summed E-state index contributed by atoms with van der Waals surface area (Å²) in [5.74, 6) is -3.94. The first-order valence-corrected chi connectivity index (χ1v) is 12.1. The summed E-state index contributed by atoms with van der Waals surface area (Å²) in [6.45, 7) is 9.55. The summed E-state index contributed by atoms with van der Waals surface area (Å²) in [4.78, 5) is 22.5. The Morgan fingerprint density at radius 2 is 1.50 bits per heavy atom. The Morgan fingerprint density at radius 1 is 0.972 bits per heavy atom. The smallest absolute Gasteiger partial charge is 0.478 e. The molecule has 0 saturated carbocycles. The minimum absolute atomic E-state index is 0.00532. The highest BCUT2D eigenvalue weighted by atomic mass is 32.2. The van der Waals surface area contributed by atoms with E-state index in [1.807, 2.05) is 4.90 Å². The number of rotatable bonds is 9. The second-order valence-electron chi connectivity index (χ2n) is 8.60. The zero-order valence-corrected chi connectivity index (χ0v) is 20.8. The van der Waals surface area contributed by atoms with Crippen LogP contribution in [0.4, 0.5) is 28.9 Å². The molecule has 2 aromatic rings. The van der Waals surface area contributed by atoms with Gasteiger partial charge in [0, 0.05) is 18.8 Å². The number of hydrogen-bond acceptors (Lipinski definition) is 5. The van der Waals surface area contributed by atoms with Crippen molar-refractivity contribution in [1.29, 1.82) is 0 Å². The summed E-state index contributed by atoms with van der Waals surface area (Å²) in [7, 11) is -4.05. The first kappa shape index (κ1) is 30.7. The number of sulfonamides is 1. The number of halogens is 4. The zero-order chi connectivity index (χ0) is 27.8. The van der Waals surface area contributed by atoms with Crippen molar-refractivity contribution in [3.63, 3.8) is 0 Å². The Kier molecular flexibility index (Phi) is 10.7. The summed E-state index contributed by atoms with van der Waals surface area (Å²) in [6, 6.07) is 9.04. The van der Waals surface area contributed by atoms with E-state index in [2.05, 4.69) is 32.4 Å². The van der Waals surface area contributed by atoms with Gasteiger partial charge < -0.3 is 15.1 Å². The maximum Gasteiger partial charge on any atom is 0.490 e. The second-order valence-corrected chi connectivity index (χ2v) is 10.3. The van der Waals surface area contributed by atoms with Gasteiger partial charge >= 0.3 is 18.1 Å². The van der Waals surface area contributed by atoms with Gasteiger partial charge in [-0.25, -0.2) is 22.4 Å². The molecule has 0 spiro atoms. The Balaban J connectivity index is 0.000000809. The summed E-state index contributed by atoms with van der Waals surface area (Å²) in [5, 5.41) is 16.8. The third-order valence-corrected chi connectivity index (χ3v) is 5.72. The normalized spacial score (nSPS) is 11.6. The fraction of sp³-hybridized carbons (Fsp3) is 0.391. The molecule has 0 aliphatic heterocycles. The number of alkyl halides is 3. The molecule has 0 bridgehead atoms. The average Bonchev–Trinajstić information content (AvgIpc) is 2.72. The molecule has 0 unspecified atom stereocenters. The van der Waals surface area contributed by atoms with E-state index < -0.39 is 34.0 Å². The molecule has 0 aliphatic rings. The molecule has 0 saturated heterocycles. The Morgan fingerprint density at radius 3 is 1.92 bits per heavy atom. The number of nitrogens with zero attached hydrogens (tertiary/aromatic N) is 1. The van der Waals surface area contributed by atoms with Crippen LogP contribution in [0.15, 0.2) is 47.4 Å². The highest BCUT2D eigenvalue weighted by Crippen LogP contribution is 2.28. The Labute approximate surface area is 206 Å². The van der Waals surface area contributed by atoms with E-state index in [1.165, 1.54) is 24.3 Å². The van der Waals surface area contributed by atoms with Crippen LogP contribution >= 0.6 is 0 Å². The summed E-state index contributed by atoms with van der Waals surface area (Å²) < 4.78 is 72.5. The topological polar surface area (TPSA) is 124 Å². The maximum atomic E-state index is 13.4. The number of hydrogen-bond donors (Lipinski definition) is 3. The van der Waals surface area contributed by atoms with Gasteiger partial charge in [0.05, 0.1) is 16.1 Å². The van der Waals surface area contributed by atoms with Crippen LogP contribution in [0, 0.1) is 17.7 Å². The molecule has 2 rings (SSSR count). The minimum atomic E-state index is -5.08. The largest absolute Gasteiger partial charge is 0.490 e. The van der Waals surface area contributed by atoms with Crippen molar-refractivity contribution < 1.29 is 45.8 Å². The fourth-order valence-electron chi connectivity index (χ4n) is 3.05. The van der Waals surface area contributed by atoms with Crippen LogP contribution in [0.3, 0.4) is 0 Å². The maximum absolute atomic E-state index is 13.4. The molecule has 0 atom stereocenters. The van der Waals surface area contributed by atoms with E-state index in [1.54, 1.807) is 6.07 Å². The molecule has 200 valence electrons. The van der Waals surface area contributed by atoms with Gasteiger partial charge in [-0.1, -0.05) is 33.8 Å². The average molecular weight is 537 g/mol. The van der Waals surface area contributed by atoms with Crippen LogP contribution in [0.5, 0.6) is 0 Å². The zero-order valence-electron chi connectivity index (χ0n) is 20.0. The third kappa shape index (κ3) is 9.72. The van der Waals surface area contributed by atoms with Crippen LogP contribution < -0.4 is 9.62 Å². The molecular formula is C23H28F4N2O6S. The van der Waals surface area contributed by atoms with Gasteiger partial charge in [0.25, 0.3) is 10.0 Å². The van der Waals surface area contributed by atoms with E-state index in [9.17, 15) is 35.9 Å². The lowest BCUT2D eigenvalue weighted by molar-refractivity contribution is -0.192. The first-order valence-electron chi connectivity index (χ1n) is 10.6. The molecule has 0 fully saturated rings. The number of carboxylic acid groups (broad SMARTS) is 2. The lowest BCUT2D eigenvalue weighted by atomic mass is 10.1. The lowest BCUT2D eigenvalue weighted by Crippen LogP contribution is -2.32. The van der Waals surface area contributed by atoms with Gasteiger partial charge in [0.1, 0.15) is 5.82 Å². The Bertz CT molecular complexity index is 1160. The number of carboxylic acids is 2. The van der Waals surface area contributed by atoms with Crippen molar-refractivity contribution in [3.8, 4) is 0 Å². The number of anilines is 2. The quantitative estimate of drug-likeness (QED) is 0.382. The van der Waals surface area contributed by atoms with Crippen molar-refractivity contribution >= 4 is 33.3 Å². The molecule has 0 heterocycles. The van der Waals surface area contributed by atoms with Crippen molar-refractivity contribution in [3.05, 3.63) is 53.8 Å². The minimum Gasteiger partial charge on any atom is -0.478 e. The SMILES string of the molecule is CC(C)CN(CC(C)C)c1ccc(NS(=O)(=O)c2cccc(F)c2)cc1C(=O)O.O=C(O)C(F)(F)F. The van der Waals surface area contributed by atoms with Crippen LogP contribution in [-0.2, 0) is 14.8 Å². The Hall–Kier alpha value is -3.35. The first-order chi connectivity index (χ1) is 16.4. The van der Waals surface area contributed by atoms with E-state index in [-0.39, 0.29) is 16.1 Å². The number of aliphatic carboxylic acids is 1. The second kappa shape index (κ2) is 12.6. The number of nitrogens with one attached hydrogen (secondary N) is 1. The number of aromatic carboxylic acids is 1. The standard InChI is InChI=1S/C21H27FN2O4S.C2HF3O2/c1-14(2)12-24(13-15(3)4)20-9-8-17(11-19(20)21(25)26)23-29(27,28)18-7-5-6-16(22)10-18;3-2(4,5)1(6)7/h5-11,14-15,23H,12-13H2,1-4H3,(H,25,26);(H,6,7). The summed E-state index contributed by atoms with van der Waals surface area (Å²) >= 11 is 0. The van der Waals surface area contributed by atoms with Crippen molar-refractivity contribution in [1.82, 2.24) is 0 Å². The molecular weight excluding hydrogens is 508 g/mol. The lowest BCUT2D eigenvalue weighted by Gasteiger charge is -2.30. The van der Waals surface area contributed by atoms with E-state index in [0.717, 1.165) is 12.1 Å². The van der Waals surface area contributed by atoms with E-state index in [4.69, 9.17) is 9.90 Å². The number of carbonyl (C=O) groups is 2. The van der Waals surface area contributed by atoms with E-state index >= 15 is 0 Å². The fourth-order valence-corrected chi connectivity index (χ4v) is 4.13. The predicted octanol–water partition coefficient (Wildman–Crippen LogP) is 5.08. The summed E-state index contributed by atoms with van der Waals surface area (Å²) in [6.07, 6.45) is -5.08. The van der Waals surface area contributed by atoms with Crippen LogP contribution in [0.25, 0.3) is 0 Å². The molecule has 0 aromatic heterocycles.